The Morgan fingerprint density at radius 1 is 0.750 bits per heavy atom. The molecular formula is C27H32N2O8S3. The van der Waals surface area contributed by atoms with Crippen LogP contribution >= 0.6 is 25.3 Å². The standard InChI is InChI=1S/C27H32N2O8S3/c1-36-26(32)20(14-38)28-24(30)18-13-19(25(31)29-21(15-39)27(33)37-2)23(17-11-7-4-8-12-17)40(34,35)22(18)16-9-5-3-6-10-16/h3-12,18-23,38-39H,13-15H2,1-2H3,(H,28,30)(H,29,31). The van der Waals surface area contributed by atoms with E-state index < -0.39 is 68.0 Å². The van der Waals surface area contributed by atoms with Crippen LogP contribution in [0, 0.1) is 11.8 Å². The van der Waals surface area contributed by atoms with Gasteiger partial charge in [-0.05, 0) is 17.5 Å². The van der Waals surface area contributed by atoms with Gasteiger partial charge in [0.1, 0.15) is 12.1 Å². The minimum Gasteiger partial charge on any atom is -0.467 e. The first kappa shape index (κ1) is 31.5. The second kappa shape index (κ2) is 14.0. The average molecular weight is 609 g/mol. The fraction of sp³-hybridized carbons (Fsp3) is 0.407. The van der Waals surface area contributed by atoms with E-state index >= 15 is 0 Å². The third-order valence-electron chi connectivity index (χ3n) is 6.85. The number of amides is 2. The van der Waals surface area contributed by atoms with Crippen LogP contribution in [0.3, 0.4) is 0 Å². The van der Waals surface area contributed by atoms with E-state index in [9.17, 15) is 27.6 Å². The number of esters is 2. The first-order valence-electron chi connectivity index (χ1n) is 12.4. The van der Waals surface area contributed by atoms with Gasteiger partial charge in [-0.1, -0.05) is 60.7 Å². The van der Waals surface area contributed by atoms with Crippen LogP contribution in [-0.4, -0.2) is 70.0 Å². The molecule has 0 spiro atoms. The maximum Gasteiger partial charge on any atom is 0.329 e. The lowest BCUT2D eigenvalue weighted by molar-refractivity contribution is -0.145. The smallest absolute Gasteiger partial charge is 0.329 e. The number of benzene rings is 2. The zero-order chi connectivity index (χ0) is 29.4. The monoisotopic (exact) mass is 608 g/mol. The van der Waals surface area contributed by atoms with Crippen LogP contribution in [0.1, 0.15) is 28.0 Å². The number of ether oxygens (including phenoxy) is 2. The molecule has 3 rings (SSSR count). The number of hydrogen-bond acceptors (Lipinski definition) is 10. The van der Waals surface area contributed by atoms with Gasteiger partial charge in [0.2, 0.25) is 11.8 Å². The van der Waals surface area contributed by atoms with Gasteiger partial charge >= 0.3 is 11.9 Å². The molecule has 13 heteroatoms. The molecule has 0 aromatic heterocycles. The van der Waals surface area contributed by atoms with E-state index in [0.717, 1.165) is 14.2 Å². The van der Waals surface area contributed by atoms with Crippen molar-refractivity contribution in [2.45, 2.75) is 29.0 Å². The number of sulfone groups is 1. The molecule has 6 unspecified atom stereocenters. The van der Waals surface area contributed by atoms with E-state index in [4.69, 9.17) is 9.47 Å². The summed E-state index contributed by atoms with van der Waals surface area (Å²) in [5.41, 5.74) is 0.733. The fourth-order valence-electron chi connectivity index (χ4n) is 4.96. The quantitative estimate of drug-likeness (QED) is 0.236. The van der Waals surface area contributed by atoms with Crippen molar-refractivity contribution in [3.05, 3.63) is 71.8 Å². The second-order valence-corrected chi connectivity index (χ2v) is 12.2. The highest BCUT2D eigenvalue weighted by atomic mass is 32.2. The van der Waals surface area contributed by atoms with Gasteiger partial charge in [-0.2, -0.15) is 25.3 Å². The summed E-state index contributed by atoms with van der Waals surface area (Å²) < 4.78 is 38.4. The number of carbonyl (C=O) groups excluding carboxylic acids is 4. The number of nitrogens with one attached hydrogen (secondary N) is 2. The van der Waals surface area contributed by atoms with E-state index in [2.05, 4.69) is 35.9 Å². The van der Waals surface area contributed by atoms with Gasteiger partial charge in [0.05, 0.1) is 36.6 Å². The molecule has 0 radical (unpaired) electrons. The Labute approximate surface area is 244 Å². The average Bonchev–Trinajstić information content (AvgIpc) is 2.97. The maximum absolute atomic E-state index is 14.5. The molecule has 0 bridgehead atoms. The van der Waals surface area contributed by atoms with Crippen molar-refractivity contribution in [2.24, 2.45) is 11.8 Å². The maximum atomic E-state index is 14.5. The lowest BCUT2D eigenvalue weighted by Gasteiger charge is -2.40. The molecule has 2 aromatic carbocycles. The van der Waals surface area contributed by atoms with Crippen molar-refractivity contribution >= 4 is 58.8 Å². The molecule has 0 saturated carbocycles. The Morgan fingerprint density at radius 3 is 1.40 bits per heavy atom. The van der Waals surface area contributed by atoms with Crippen molar-refractivity contribution in [2.75, 3.05) is 25.7 Å². The fourth-order valence-corrected chi connectivity index (χ4v) is 8.21. The normalized spacial score (nSPS) is 23.2. The molecular weight excluding hydrogens is 577 g/mol. The molecule has 2 amide bonds. The second-order valence-electron chi connectivity index (χ2n) is 9.23. The van der Waals surface area contributed by atoms with Gasteiger partial charge in [-0.25, -0.2) is 18.0 Å². The summed E-state index contributed by atoms with van der Waals surface area (Å²) in [6.45, 7) is 0. The van der Waals surface area contributed by atoms with Crippen molar-refractivity contribution in [3.63, 3.8) is 0 Å². The van der Waals surface area contributed by atoms with Crippen LogP contribution in [0.4, 0.5) is 0 Å². The van der Waals surface area contributed by atoms with Crippen molar-refractivity contribution in [3.8, 4) is 0 Å². The lowest BCUT2D eigenvalue weighted by Crippen LogP contribution is -2.53. The van der Waals surface area contributed by atoms with Crippen LogP contribution in [0.25, 0.3) is 0 Å². The van der Waals surface area contributed by atoms with Gasteiger partial charge in [0, 0.05) is 11.5 Å². The van der Waals surface area contributed by atoms with Crippen LogP contribution < -0.4 is 10.6 Å². The Kier molecular flexibility index (Phi) is 11.1. The van der Waals surface area contributed by atoms with Gasteiger partial charge in [0.25, 0.3) is 0 Å². The molecule has 1 aliphatic heterocycles. The van der Waals surface area contributed by atoms with E-state index in [1.807, 2.05) is 0 Å². The number of hydrogen-bond donors (Lipinski definition) is 4. The molecule has 2 N–H and O–H groups in total. The summed E-state index contributed by atoms with van der Waals surface area (Å²) in [4.78, 5) is 51.7. The van der Waals surface area contributed by atoms with Crippen LogP contribution in [-0.2, 0) is 38.5 Å². The highest BCUT2D eigenvalue weighted by molar-refractivity contribution is 7.92. The molecule has 2 aromatic rings. The Bertz CT molecular complexity index is 1210. The van der Waals surface area contributed by atoms with E-state index in [0.29, 0.717) is 11.1 Å². The first-order valence-corrected chi connectivity index (χ1v) is 15.3. The van der Waals surface area contributed by atoms with Gasteiger partial charge in [-0.3, -0.25) is 9.59 Å². The van der Waals surface area contributed by atoms with E-state index in [1.165, 1.54) is 0 Å². The van der Waals surface area contributed by atoms with Crippen molar-refractivity contribution < 1.29 is 37.1 Å². The molecule has 40 heavy (non-hydrogen) atoms. The zero-order valence-electron chi connectivity index (χ0n) is 21.9. The number of methoxy groups -OCH3 is 2. The van der Waals surface area contributed by atoms with Gasteiger partial charge in [-0.15, -0.1) is 0 Å². The Balaban J connectivity index is 2.15. The van der Waals surface area contributed by atoms with Crippen molar-refractivity contribution in [1.29, 1.82) is 0 Å². The Hall–Kier alpha value is -3.03. The summed E-state index contributed by atoms with van der Waals surface area (Å²) in [6.07, 6.45) is -0.197. The molecule has 1 fully saturated rings. The summed E-state index contributed by atoms with van der Waals surface area (Å²) in [5, 5.41) is 2.43. The predicted molar refractivity (Wildman–Crippen MR) is 154 cm³/mol. The van der Waals surface area contributed by atoms with Gasteiger partial charge in [0.15, 0.2) is 9.84 Å². The van der Waals surface area contributed by atoms with Crippen molar-refractivity contribution in [1.82, 2.24) is 10.6 Å². The summed E-state index contributed by atoms with van der Waals surface area (Å²) in [6, 6.07) is 14.2. The zero-order valence-corrected chi connectivity index (χ0v) is 24.5. The predicted octanol–water partition coefficient (Wildman–Crippen LogP) is 1.70. The molecule has 6 atom stereocenters. The first-order chi connectivity index (χ1) is 19.1. The summed E-state index contributed by atoms with van der Waals surface area (Å²) in [5.74, 6) is -5.69. The van der Waals surface area contributed by atoms with Crippen LogP contribution in [0.15, 0.2) is 60.7 Å². The molecule has 0 aliphatic carbocycles. The number of thiol groups is 2. The topological polar surface area (TPSA) is 145 Å². The van der Waals surface area contributed by atoms with Crippen LogP contribution in [0.2, 0.25) is 0 Å². The largest absolute Gasteiger partial charge is 0.467 e. The number of rotatable bonds is 10. The van der Waals surface area contributed by atoms with E-state index in [-0.39, 0.29) is 17.9 Å². The Morgan fingerprint density at radius 2 is 1.10 bits per heavy atom. The SMILES string of the molecule is COC(=O)C(CS)NC(=O)C1CC(C(=O)NC(CS)C(=O)OC)C(c2ccccc2)S(=O)(=O)C1c1ccccc1. The molecule has 1 saturated heterocycles. The lowest BCUT2D eigenvalue weighted by atomic mass is 9.83. The highest BCUT2D eigenvalue weighted by Gasteiger charge is 2.54. The number of carbonyl (C=O) groups is 4. The molecule has 1 heterocycles. The third-order valence-corrected chi connectivity index (χ3v) is 10.2. The molecule has 216 valence electrons. The van der Waals surface area contributed by atoms with Crippen LogP contribution in [0.5, 0.6) is 0 Å². The minimum atomic E-state index is -4.29. The highest BCUT2D eigenvalue weighted by Crippen LogP contribution is 2.51. The molecule has 1 aliphatic rings. The van der Waals surface area contributed by atoms with Gasteiger partial charge < -0.3 is 20.1 Å². The summed E-state index contributed by atoms with van der Waals surface area (Å²) in [7, 11) is -1.97. The summed E-state index contributed by atoms with van der Waals surface area (Å²) >= 11 is 8.23. The minimum absolute atomic E-state index is 0.0901. The van der Waals surface area contributed by atoms with E-state index in [1.54, 1.807) is 60.7 Å². The molecule has 10 nitrogen and oxygen atoms in total. The third kappa shape index (κ3) is 6.81.